The van der Waals surface area contributed by atoms with Crippen LogP contribution >= 0.6 is 0 Å². The third-order valence-electron chi connectivity index (χ3n) is 1.65. The van der Waals surface area contributed by atoms with Crippen molar-refractivity contribution in [2.45, 2.75) is 39.7 Å². The molecule has 1 N–H and O–H groups in total. The van der Waals surface area contributed by atoms with Crippen molar-refractivity contribution in [1.29, 1.82) is 0 Å². The summed E-state index contributed by atoms with van der Waals surface area (Å²) in [6.45, 7) is 7.36. The van der Waals surface area contributed by atoms with Gasteiger partial charge in [-0.2, -0.15) is 0 Å². The van der Waals surface area contributed by atoms with Crippen LogP contribution in [0.5, 0.6) is 0 Å². The van der Waals surface area contributed by atoms with E-state index in [1.165, 1.54) is 12.0 Å². The highest BCUT2D eigenvalue weighted by Gasteiger charge is 2.15. The van der Waals surface area contributed by atoms with Crippen LogP contribution in [0.25, 0.3) is 0 Å². The number of carboxylic acid groups (broad SMARTS) is 1. The molecule has 5 heteroatoms. The topological polar surface area (TPSA) is 66.8 Å². The first-order chi connectivity index (χ1) is 7.26. The Balaban J connectivity index is 4.12. The summed E-state index contributed by atoms with van der Waals surface area (Å²) in [5.74, 6) is -0.950. The van der Waals surface area contributed by atoms with E-state index in [1.54, 1.807) is 6.08 Å². The minimum Gasteiger partial charge on any atom is -0.478 e. The molecule has 5 nitrogen and oxygen atoms in total. The number of carbonyl (C=O) groups is 2. The summed E-state index contributed by atoms with van der Waals surface area (Å²) < 4.78 is 0. The predicted octanol–water partition coefficient (Wildman–Crippen LogP) is 1.60. The quantitative estimate of drug-likeness (QED) is 0.427. The zero-order chi connectivity index (χ0) is 12.8. The van der Waals surface area contributed by atoms with Gasteiger partial charge in [-0.25, -0.2) is 9.86 Å². The van der Waals surface area contributed by atoms with Gasteiger partial charge in [-0.3, -0.25) is 9.63 Å². The van der Waals surface area contributed by atoms with Gasteiger partial charge in [-0.1, -0.05) is 6.08 Å². The van der Waals surface area contributed by atoms with Gasteiger partial charge >= 0.3 is 5.97 Å². The Morgan fingerprint density at radius 2 is 2.00 bits per heavy atom. The molecule has 92 valence electrons. The molecule has 0 aliphatic heterocycles. The summed E-state index contributed by atoms with van der Waals surface area (Å²) in [5.41, 5.74) is -0.173. The number of carboxylic acids is 1. The third-order valence-corrected chi connectivity index (χ3v) is 1.65. The Bertz CT molecular complexity index is 278. The minimum atomic E-state index is -0.950. The largest absolute Gasteiger partial charge is 0.478 e. The van der Waals surface area contributed by atoms with Crippen LogP contribution in [0.2, 0.25) is 0 Å². The smallest absolute Gasteiger partial charge is 0.330 e. The molecule has 0 bridgehead atoms. The van der Waals surface area contributed by atoms with Crippen LogP contribution in [-0.2, 0) is 14.4 Å². The third kappa shape index (κ3) is 7.00. The van der Waals surface area contributed by atoms with Crippen molar-refractivity contribution in [2.24, 2.45) is 0 Å². The number of amides is 1. The highest BCUT2D eigenvalue weighted by Crippen LogP contribution is 2.09. The van der Waals surface area contributed by atoms with Crippen LogP contribution < -0.4 is 0 Å². The van der Waals surface area contributed by atoms with Gasteiger partial charge in [-0.15, -0.1) is 0 Å². The Morgan fingerprint density at radius 3 is 2.38 bits per heavy atom. The van der Waals surface area contributed by atoms with Crippen LogP contribution in [0, 0.1) is 0 Å². The van der Waals surface area contributed by atoms with E-state index < -0.39 is 11.6 Å². The van der Waals surface area contributed by atoms with Crippen LogP contribution in [0.3, 0.4) is 0 Å². The van der Waals surface area contributed by atoms with E-state index >= 15 is 0 Å². The molecular formula is C11H19NO4. The lowest BCUT2D eigenvalue weighted by Gasteiger charge is -2.26. The lowest BCUT2D eigenvalue weighted by atomic mass is 10.2. The number of aliphatic carboxylic acids is 1. The van der Waals surface area contributed by atoms with Crippen molar-refractivity contribution in [2.75, 3.05) is 6.54 Å². The molecule has 0 aliphatic carbocycles. The van der Waals surface area contributed by atoms with Crippen molar-refractivity contribution >= 4 is 12.4 Å². The molecule has 0 aromatic heterocycles. The Morgan fingerprint density at radius 1 is 1.44 bits per heavy atom. The van der Waals surface area contributed by atoms with Crippen molar-refractivity contribution in [1.82, 2.24) is 5.06 Å². The maximum atomic E-state index is 10.7. The summed E-state index contributed by atoms with van der Waals surface area (Å²) in [7, 11) is 0. The highest BCUT2D eigenvalue weighted by molar-refractivity contribution is 5.85. The van der Waals surface area contributed by atoms with Gasteiger partial charge in [0, 0.05) is 5.57 Å². The maximum Gasteiger partial charge on any atom is 0.330 e. The summed E-state index contributed by atoms with van der Waals surface area (Å²) in [6, 6.07) is 0. The average Bonchev–Trinajstić information content (AvgIpc) is 2.13. The summed E-state index contributed by atoms with van der Waals surface area (Å²) in [4.78, 5) is 26.5. The normalized spacial score (nSPS) is 12.4. The summed E-state index contributed by atoms with van der Waals surface area (Å²) in [5, 5.41) is 9.78. The van der Waals surface area contributed by atoms with Crippen LogP contribution in [-0.4, -0.2) is 34.7 Å². The van der Waals surface area contributed by atoms with Gasteiger partial charge in [0.05, 0.1) is 12.1 Å². The number of nitrogens with zero attached hydrogens (tertiary/aromatic N) is 1. The summed E-state index contributed by atoms with van der Waals surface area (Å²) >= 11 is 0. The van der Waals surface area contributed by atoms with E-state index in [-0.39, 0.29) is 5.57 Å². The maximum absolute atomic E-state index is 10.7. The Hall–Kier alpha value is -1.36. The minimum absolute atomic E-state index is 0.265. The molecule has 0 saturated carbocycles. The monoisotopic (exact) mass is 229 g/mol. The van der Waals surface area contributed by atoms with Gasteiger partial charge in [0.2, 0.25) is 6.41 Å². The van der Waals surface area contributed by atoms with E-state index in [1.807, 2.05) is 20.8 Å². The average molecular weight is 229 g/mol. The second kappa shape index (κ2) is 6.27. The van der Waals surface area contributed by atoms with Gasteiger partial charge in [-0.05, 0) is 34.1 Å². The predicted molar refractivity (Wildman–Crippen MR) is 59.6 cm³/mol. The first-order valence-corrected chi connectivity index (χ1v) is 5.07. The van der Waals surface area contributed by atoms with Crippen LogP contribution in [0.15, 0.2) is 11.6 Å². The van der Waals surface area contributed by atoms with Crippen LogP contribution in [0.4, 0.5) is 0 Å². The van der Waals surface area contributed by atoms with Gasteiger partial charge in [0.15, 0.2) is 0 Å². The Labute approximate surface area is 95.6 Å². The van der Waals surface area contributed by atoms with E-state index in [2.05, 4.69) is 0 Å². The molecule has 1 amide bonds. The lowest BCUT2D eigenvalue weighted by molar-refractivity contribution is -0.215. The van der Waals surface area contributed by atoms with Crippen LogP contribution in [0.1, 0.15) is 34.1 Å². The van der Waals surface area contributed by atoms with Crippen molar-refractivity contribution < 1.29 is 19.5 Å². The molecular weight excluding hydrogens is 210 g/mol. The fourth-order valence-corrected chi connectivity index (χ4v) is 0.967. The standard InChI is InChI=1S/C11H19NO4/c1-9(10(14)15)6-5-7-12(8-13)16-11(2,3)4/h6,8H,5,7H2,1-4H3,(H,14,15). The Kier molecular flexibility index (Phi) is 5.74. The number of carbonyl (C=O) groups excluding carboxylic acids is 1. The number of hydrogen-bond acceptors (Lipinski definition) is 3. The molecule has 0 atom stereocenters. The van der Waals surface area contributed by atoms with Crippen molar-refractivity contribution in [3.05, 3.63) is 11.6 Å². The molecule has 0 radical (unpaired) electrons. The fourth-order valence-electron chi connectivity index (χ4n) is 0.967. The molecule has 0 aromatic rings. The SMILES string of the molecule is CC(=CCCN(C=O)OC(C)(C)C)C(=O)O. The second-order valence-corrected chi connectivity index (χ2v) is 4.43. The molecule has 0 fully saturated rings. The van der Waals surface area contributed by atoms with E-state index in [0.717, 1.165) is 0 Å². The zero-order valence-corrected chi connectivity index (χ0v) is 10.2. The molecule has 0 aliphatic rings. The molecule has 0 unspecified atom stereocenters. The molecule has 0 saturated heterocycles. The lowest BCUT2D eigenvalue weighted by Crippen LogP contribution is -2.33. The molecule has 0 heterocycles. The number of rotatable bonds is 6. The van der Waals surface area contributed by atoms with E-state index in [4.69, 9.17) is 9.94 Å². The first kappa shape index (κ1) is 14.6. The summed E-state index contributed by atoms with van der Waals surface area (Å²) in [6.07, 6.45) is 2.60. The van der Waals surface area contributed by atoms with Crippen molar-refractivity contribution in [3.8, 4) is 0 Å². The van der Waals surface area contributed by atoms with E-state index in [9.17, 15) is 9.59 Å². The molecule has 0 aromatic carbocycles. The first-order valence-electron chi connectivity index (χ1n) is 5.07. The molecule has 0 spiro atoms. The van der Waals surface area contributed by atoms with Gasteiger partial charge in [0.1, 0.15) is 0 Å². The molecule has 16 heavy (non-hydrogen) atoms. The molecule has 0 rings (SSSR count). The number of hydrogen-bond donors (Lipinski definition) is 1. The number of hydroxylamine groups is 2. The zero-order valence-electron chi connectivity index (χ0n) is 10.2. The van der Waals surface area contributed by atoms with Gasteiger partial charge in [0.25, 0.3) is 0 Å². The van der Waals surface area contributed by atoms with Gasteiger partial charge < -0.3 is 5.11 Å². The fraction of sp³-hybridized carbons (Fsp3) is 0.636. The van der Waals surface area contributed by atoms with E-state index in [0.29, 0.717) is 19.4 Å². The highest BCUT2D eigenvalue weighted by atomic mass is 16.7. The van der Waals surface area contributed by atoms with Crippen molar-refractivity contribution in [3.63, 3.8) is 0 Å². The second-order valence-electron chi connectivity index (χ2n) is 4.43.